The zero-order valence-electron chi connectivity index (χ0n) is 11.8. The minimum atomic E-state index is -3.68. The topological polar surface area (TPSA) is 63.6 Å². The van der Waals surface area contributed by atoms with Crippen LogP contribution in [0.3, 0.4) is 0 Å². The van der Waals surface area contributed by atoms with Crippen LogP contribution in [-0.4, -0.2) is 20.1 Å². The monoisotopic (exact) mass is 306 g/mol. The smallest absolute Gasteiger partial charge is 0.296 e. The Labute approximate surface area is 125 Å². The average molecular weight is 306 g/mol. The minimum Gasteiger partial charge on any atom is -0.508 e. The number of aryl methyl sites for hydroxylation is 2. The quantitative estimate of drug-likeness (QED) is 0.658. The molecule has 0 saturated carbocycles. The van der Waals surface area contributed by atoms with Crippen LogP contribution in [0.25, 0.3) is 0 Å². The second-order valence-electron chi connectivity index (χ2n) is 4.86. The fourth-order valence-electron chi connectivity index (χ4n) is 1.88. The van der Waals surface area contributed by atoms with E-state index >= 15 is 0 Å². The molecule has 0 bridgehead atoms. The number of hydrogen-bond donors (Lipinski definition) is 1. The fourth-order valence-corrected chi connectivity index (χ4v) is 2.82. The maximum absolute atomic E-state index is 11.9. The van der Waals surface area contributed by atoms with Gasteiger partial charge in [-0.25, -0.2) is 0 Å². The number of phenolic OH excluding ortho intramolecular Hbond substituents is 1. The molecular formula is C16H18O4S. The number of aromatic hydroxyl groups is 1. The van der Waals surface area contributed by atoms with Gasteiger partial charge in [-0.2, -0.15) is 8.42 Å². The normalized spacial score (nSPS) is 11.5. The molecule has 0 aliphatic carbocycles. The summed E-state index contributed by atoms with van der Waals surface area (Å²) in [7, 11) is -3.68. The summed E-state index contributed by atoms with van der Waals surface area (Å²) >= 11 is 0. The van der Waals surface area contributed by atoms with E-state index in [1.807, 2.05) is 19.1 Å². The van der Waals surface area contributed by atoms with Gasteiger partial charge in [0.2, 0.25) is 0 Å². The predicted molar refractivity (Wildman–Crippen MR) is 80.7 cm³/mol. The first-order valence-electron chi connectivity index (χ1n) is 6.71. The molecule has 0 amide bonds. The highest BCUT2D eigenvalue weighted by Crippen LogP contribution is 2.15. The van der Waals surface area contributed by atoms with Gasteiger partial charge >= 0.3 is 0 Å². The molecule has 0 fully saturated rings. The Balaban J connectivity index is 1.85. The first-order chi connectivity index (χ1) is 9.97. The molecule has 0 radical (unpaired) electrons. The zero-order chi connectivity index (χ0) is 15.3. The highest BCUT2D eigenvalue weighted by atomic mass is 32.2. The summed E-state index contributed by atoms with van der Waals surface area (Å²) in [5, 5.41) is 9.18. The van der Waals surface area contributed by atoms with Crippen molar-refractivity contribution >= 4 is 10.1 Å². The van der Waals surface area contributed by atoms with Gasteiger partial charge in [0.05, 0.1) is 11.5 Å². The molecule has 1 N–H and O–H groups in total. The van der Waals surface area contributed by atoms with Gasteiger partial charge in [0.25, 0.3) is 10.1 Å². The third kappa shape index (κ3) is 4.58. The van der Waals surface area contributed by atoms with Crippen LogP contribution in [0.2, 0.25) is 0 Å². The molecule has 0 atom stereocenters. The van der Waals surface area contributed by atoms with Crippen molar-refractivity contribution in [1.29, 1.82) is 0 Å². The van der Waals surface area contributed by atoms with E-state index in [1.54, 1.807) is 36.4 Å². The molecule has 0 aliphatic heterocycles. The third-order valence-corrected chi connectivity index (χ3v) is 4.42. The molecule has 4 nitrogen and oxygen atoms in total. The van der Waals surface area contributed by atoms with Crippen molar-refractivity contribution in [1.82, 2.24) is 0 Å². The number of hydrogen-bond acceptors (Lipinski definition) is 4. The molecule has 0 aromatic heterocycles. The molecular weight excluding hydrogens is 288 g/mol. The molecule has 5 heteroatoms. The summed E-state index contributed by atoms with van der Waals surface area (Å²) in [5.41, 5.74) is 2.03. The van der Waals surface area contributed by atoms with E-state index in [0.717, 1.165) is 11.1 Å². The lowest BCUT2D eigenvalue weighted by Gasteiger charge is -2.06. The Morgan fingerprint density at radius 3 is 2.24 bits per heavy atom. The Bertz CT molecular complexity index is 673. The van der Waals surface area contributed by atoms with E-state index in [4.69, 9.17) is 4.18 Å². The van der Waals surface area contributed by atoms with Gasteiger partial charge in [-0.15, -0.1) is 0 Å². The summed E-state index contributed by atoms with van der Waals surface area (Å²) in [4.78, 5) is 0.178. The van der Waals surface area contributed by atoms with Crippen LogP contribution >= 0.6 is 0 Å². The molecule has 0 saturated heterocycles. The van der Waals surface area contributed by atoms with E-state index in [2.05, 4.69) is 0 Å². The molecule has 0 aliphatic rings. The average Bonchev–Trinajstić information content (AvgIpc) is 2.46. The standard InChI is InChI=1S/C16H18O4S/c1-13-4-10-16(11-5-13)21(18,19)20-12-2-3-14-6-8-15(17)9-7-14/h4-11,17H,2-3,12H2,1H3. The van der Waals surface area contributed by atoms with E-state index < -0.39 is 10.1 Å². The van der Waals surface area contributed by atoms with Gasteiger partial charge in [0.1, 0.15) is 5.75 Å². The molecule has 0 spiro atoms. The second-order valence-corrected chi connectivity index (χ2v) is 6.47. The largest absolute Gasteiger partial charge is 0.508 e. The maximum Gasteiger partial charge on any atom is 0.296 e. The summed E-state index contributed by atoms with van der Waals surface area (Å²) in [6, 6.07) is 13.4. The second kappa shape index (κ2) is 6.74. The van der Waals surface area contributed by atoms with E-state index in [1.165, 1.54) is 0 Å². The Morgan fingerprint density at radius 1 is 1.00 bits per heavy atom. The lowest BCUT2D eigenvalue weighted by molar-refractivity contribution is 0.312. The molecule has 0 unspecified atom stereocenters. The first-order valence-corrected chi connectivity index (χ1v) is 8.12. The molecule has 21 heavy (non-hydrogen) atoms. The van der Waals surface area contributed by atoms with Crippen molar-refractivity contribution < 1.29 is 17.7 Å². The van der Waals surface area contributed by atoms with Gasteiger partial charge in [-0.1, -0.05) is 29.8 Å². The van der Waals surface area contributed by atoms with Crippen molar-refractivity contribution in [3.63, 3.8) is 0 Å². The van der Waals surface area contributed by atoms with Crippen LogP contribution in [0.5, 0.6) is 5.75 Å². The van der Waals surface area contributed by atoms with Crippen molar-refractivity contribution in [2.45, 2.75) is 24.7 Å². The number of benzene rings is 2. The van der Waals surface area contributed by atoms with Gasteiger partial charge in [0, 0.05) is 0 Å². The van der Waals surface area contributed by atoms with Crippen LogP contribution in [0, 0.1) is 6.92 Å². The van der Waals surface area contributed by atoms with Crippen LogP contribution < -0.4 is 0 Å². The minimum absolute atomic E-state index is 0.136. The van der Waals surface area contributed by atoms with E-state index in [9.17, 15) is 13.5 Å². The van der Waals surface area contributed by atoms with Gasteiger partial charge in [-0.3, -0.25) is 4.18 Å². The molecule has 0 heterocycles. The Morgan fingerprint density at radius 2 is 1.62 bits per heavy atom. The highest BCUT2D eigenvalue weighted by molar-refractivity contribution is 7.86. The van der Waals surface area contributed by atoms with Crippen LogP contribution in [-0.2, 0) is 20.7 Å². The van der Waals surface area contributed by atoms with E-state index in [-0.39, 0.29) is 17.3 Å². The van der Waals surface area contributed by atoms with Crippen LogP contribution in [0.15, 0.2) is 53.4 Å². The summed E-state index contributed by atoms with van der Waals surface area (Å²) in [6.07, 6.45) is 1.29. The van der Waals surface area contributed by atoms with Gasteiger partial charge < -0.3 is 5.11 Å². The van der Waals surface area contributed by atoms with Crippen molar-refractivity contribution in [3.05, 3.63) is 59.7 Å². The van der Waals surface area contributed by atoms with Crippen molar-refractivity contribution in [3.8, 4) is 5.75 Å². The summed E-state index contributed by atoms with van der Waals surface area (Å²) in [5.74, 6) is 0.219. The van der Waals surface area contributed by atoms with Crippen molar-refractivity contribution in [2.24, 2.45) is 0 Å². The number of rotatable bonds is 6. The Kier molecular flexibility index (Phi) is 4.98. The third-order valence-electron chi connectivity index (χ3n) is 3.09. The zero-order valence-corrected chi connectivity index (χ0v) is 12.6. The van der Waals surface area contributed by atoms with Gasteiger partial charge in [-0.05, 0) is 49.6 Å². The van der Waals surface area contributed by atoms with E-state index in [0.29, 0.717) is 12.8 Å². The summed E-state index contributed by atoms with van der Waals surface area (Å²) in [6.45, 7) is 2.03. The first kappa shape index (κ1) is 15.5. The van der Waals surface area contributed by atoms with Gasteiger partial charge in [0.15, 0.2) is 0 Å². The molecule has 2 rings (SSSR count). The Hall–Kier alpha value is -1.85. The fraction of sp³-hybridized carbons (Fsp3) is 0.250. The predicted octanol–water partition coefficient (Wildman–Crippen LogP) is 3.04. The lowest BCUT2D eigenvalue weighted by Crippen LogP contribution is -2.08. The maximum atomic E-state index is 11.9. The lowest BCUT2D eigenvalue weighted by atomic mass is 10.1. The van der Waals surface area contributed by atoms with Crippen molar-refractivity contribution in [2.75, 3.05) is 6.61 Å². The SMILES string of the molecule is Cc1ccc(S(=O)(=O)OCCCc2ccc(O)cc2)cc1. The molecule has 112 valence electrons. The van der Waals surface area contributed by atoms with Crippen LogP contribution in [0.4, 0.5) is 0 Å². The summed E-state index contributed by atoms with van der Waals surface area (Å²) < 4.78 is 28.9. The molecule has 2 aromatic carbocycles. The number of phenols is 1. The highest BCUT2D eigenvalue weighted by Gasteiger charge is 2.14. The molecule has 2 aromatic rings. The van der Waals surface area contributed by atoms with Crippen LogP contribution in [0.1, 0.15) is 17.5 Å².